The van der Waals surface area contributed by atoms with Crippen LogP contribution in [0.3, 0.4) is 0 Å². The van der Waals surface area contributed by atoms with Gasteiger partial charge in [0.25, 0.3) is 10.0 Å². The molecule has 0 spiro atoms. The summed E-state index contributed by atoms with van der Waals surface area (Å²) in [4.78, 5) is 7.30. The summed E-state index contributed by atoms with van der Waals surface area (Å²) in [6, 6.07) is 51.6. The fraction of sp³-hybridized carbons (Fsp3) is 0.151. The molecule has 8 nitrogen and oxygen atoms in total. The lowest BCUT2D eigenvalue weighted by molar-refractivity contribution is 0.242. The van der Waals surface area contributed by atoms with Crippen molar-refractivity contribution in [1.82, 2.24) is 4.83 Å². The van der Waals surface area contributed by atoms with Crippen LogP contribution in [-0.2, 0) is 10.0 Å². The van der Waals surface area contributed by atoms with Crippen LogP contribution in [0.1, 0.15) is 56.9 Å². The van der Waals surface area contributed by atoms with Gasteiger partial charge in [-0.2, -0.15) is 18.4 Å². The Morgan fingerprint density at radius 2 is 1.09 bits per heavy atom. The number of rotatable bonds is 10. The van der Waals surface area contributed by atoms with Crippen molar-refractivity contribution in [3.8, 4) is 11.5 Å². The number of nitrogens with one attached hydrogen (secondary N) is 3. The second kappa shape index (κ2) is 21.4. The first-order valence-electron chi connectivity index (χ1n) is 21.1. The molecule has 2 aliphatic heterocycles. The Balaban J connectivity index is 0.000000158. The highest BCUT2D eigenvalue weighted by atomic mass is 79.9. The number of anilines is 4. The van der Waals surface area contributed by atoms with Gasteiger partial charge < -0.3 is 20.1 Å². The van der Waals surface area contributed by atoms with Crippen molar-refractivity contribution in [2.75, 3.05) is 10.6 Å². The third-order valence-electron chi connectivity index (χ3n) is 9.86. The second-order valence-corrected chi connectivity index (χ2v) is 20.5. The first-order chi connectivity index (χ1) is 31.2. The molecule has 0 bridgehead atoms. The number of halogens is 1. The van der Waals surface area contributed by atoms with Crippen LogP contribution in [-0.4, -0.2) is 26.3 Å². The van der Waals surface area contributed by atoms with E-state index in [0.29, 0.717) is 5.71 Å². The molecule has 332 valence electrons. The maximum Gasteiger partial charge on any atom is 0.276 e. The zero-order valence-corrected chi connectivity index (χ0v) is 41.1. The van der Waals surface area contributed by atoms with Crippen molar-refractivity contribution in [3.63, 3.8) is 0 Å². The number of hydrazone groups is 1. The van der Waals surface area contributed by atoms with Gasteiger partial charge in [0.1, 0.15) is 11.5 Å². The highest BCUT2D eigenvalue weighted by Gasteiger charge is 2.18. The summed E-state index contributed by atoms with van der Waals surface area (Å²) in [7, 11) is -3.69. The standard InChI is InChI=1S/C23H21NOS.C21H19N3O2S2.C9H11BrO/c1-15(2)25-19-8-6-7-17(13-19)16(3)18-11-12-23-21(14-18)24-20-9-4-5-10-22(20)26-23;1-14-7-10-17(11-8-14)28(25,26)24-23-15(2)16-9-12-21-19(13-16)22-18-5-3-4-6-20(18)27-21;1-7(2)11-9-5-3-4-8(10)6-9/h4-15,24H,3H2,1-2H3;3-13,22,24H,1-2H3;3-7H,1-2H3/b;23-15+;. The molecule has 0 saturated heterocycles. The number of benzene rings is 7. The van der Waals surface area contributed by atoms with E-state index in [1.54, 1.807) is 54.7 Å². The largest absolute Gasteiger partial charge is 0.491 e. The van der Waals surface area contributed by atoms with Crippen molar-refractivity contribution in [3.05, 3.63) is 191 Å². The molecule has 2 aliphatic rings. The predicted octanol–water partition coefficient (Wildman–Crippen LogP) is 14.9. The number of fused-ring (bicyclic) bond motifs is 4. The Hall–Kier alpha value is -5.92. The molecule has 9 rings (SSSR count). The van der Waals surface area contributed by atoms with E-state index in [-0.39, 0.29) is 17.1 Å². The first kappa shape index (κ1) is 47.1. The third kappa shape index (κ3) is 12.7. The zero-order valence-electron chi connectivity index (χ0n) is 37.1. The summed E-state index contributed by atoms with van der Waals surface area (Å²) < 4.78 is 37.2. The molecular weight excluding hydrogens is 933 g/mol. The maximum atomic E-state index is 12.4. The van der Waals surface area contributed by atoms with E-state index in [2.05, 4.69) is 104 Å². The summed E-state index contributed by atoms with van der Waals surface area (Å²) in [5, 5.41) is 11.1. The molecule has 3 N–H and O–H groups in total. The fourth-order valence-corrected chi connectivity index (χ4v) is 9.83. The van der Waals surface area contributed by atoms with Gasteiger partial charge in [0.05, 0.1) is 45.6 Å². The molecule has 12 heteroatoms. The number of nitrogens with zero attached hydrogens (tertiary/aromatic N) is 1. The van der Waals surface area contributed by atoms with Crippen LogP contribution in [0.5, 0.6) is 11.5 Å². The molecule has 0 radical (unpaired) electrons. The molecule has 0 unspecified atom stereocenters. The van der Waals surface area contributed by atoms with Crippen LogP contribution in [0.25, 0.3) is 5.57 Å². The number of hydrogen-bond acceptors (Lipinski definition) is 9. The summed E-state index contributed by atoms with van der Waals surface area (Å²) in [6.45, 7) is 16.1. The van der Waals surface area contributed by atoms with Gasteiger partial charge in [-0.15, -0.1) is 0 Å². The first-order valence-corrected chi connectivity index (χ1v) is 25.0. The number of sulfonamides is 1. The van der Waals surface area contributed by atoms with Gasteiger partial charge >= 0.3 is 0 Å². The molecule has 7 aromatic carbocycles. The molecule has 0 aliphatic carbocycles. The molecule has 0 atom stereocenters. The fourth-order valence-electron chi connectivity index (χ4n) is 6.66. The monoisotopic (exact) mass is 982 g/mol. The molecule has 7 aromatic rings. The van der Waals surface area contributed by atoms with Crippen molar-refractivity contribution in [2.45, 2.75) is 78.2 Å². The topological polar surface area (TPSA) is 101 Å². The Morgan fingerprint density at radius 3 is 1.66 bits per heavy atom. The molecule has 65 heavy (non-hydrogen) atoms. The highest BCUT2D eigenvalue weighted by Crippen LogP contribution is 2.46. The van der Waals surface area contributed by atoms with Crippen LogP contribution in [0.4, 0.5) is 22.7 Å². The molecule has 0 aromatic heterocycles. The minimum atomic E-state index is -3.69. The lowest BCUT2D eigenvalue weighted by atomic mass is 9.99. The van der Waals surface area contributed by atoms with Crippen molar-refractivity contribution in [1.29, 1.82) is 0 Å². The Kier molecular flexibility index (Phi) is 15.5. The minimum absolute atomic E-state index is 0.156. The molecule has 0 fully saturated rings. The number of hydrogen-bond donors (Lipinski definition) is 3. The van der Waals surface area contributed by atoms with Crippen molar-refractivity contribution >= 4 is 83.5 Å². The summed E-state index contributed by atoms with van der Waals surface area (Å²) in [5.41, 5.74) is 9.94. The second-order valence-electron chi connectivity index (χ2n) is 15.8. The van der Waals surface area contributed by atoms with Crippen molar-refractivity contribution < 1.29 is 17.9 Å². The summed E-state index contributed by atoms with van der Waals surface area (Å²) in [5.74, 6) is 1.79. The van der Waals surface area contributed by atoms with Gasteiger partial charge in [-0.3, -0.25) is 0 Å². The minimum Gasteiger partial charge on any atom is -0.491 e. The lowest BCUT2D eigenvalue weighted by Gasteiger charge is -2.21. The van der Waals surface area contributed by atoms with Crippen LogP contribution >= 0.6 is 39.5 Å². The van der Waals surface area contributed by atoms with Crippen LogP contribution < -0.4 is 24.9 Å². The number of ether oxygens (including phenoxy) is 2. The van der Waals surface area contributed by atoms with E-state index in [0.717, 1.165) is 71.4 Å². The summed E-state index contributed by atoms with van der Waals surface area (Å²) >= 11 is 6.87. The van der Waals surface area contributed by atoms with Gasteiger partial charge in [0, 0.05) is 24.1 Å². The average Bonchev–Trinajstić information content (AvgIpc) is 3.29. The van der Waals surface area contributed by atoms with E-state index in [9.17, 15) is 8.42 Å². The van der Waals surface area contributed by atoms with Gasteiger partial charge in [-0.05, 0) is 155 Å². The van der Waals surface area contributed by atoms with Crippen LogP contribution in [0, 0.1) is 6.92 Å². The molecule has 0 saturated carbocycles. The van der Waals surface area contributed by atoms with E-state index < -0.39 is 10.0 Å². The van der Waals surface area contributed by atoms with E-state index in [1.165, 1.54) is 14.7 Å². The van der Waals surface area contributed by atoms with Gasteiger partial charge in [-0.25, -0.2) is 0 Å². The molecule has 0 amide bonds. The Labute approximate surface area is 400 Å². The summed E-state index contributed by atoms with van der Waals surface area (Å²) in [6.07, 6.45) is 0.396. The van der Waals surface area contributed by atoms with Gasteiger partial charge in [0.2, 0.25) is 0 Å². The normalized spacial score (nSPS) is 12.3. The molecule has 2 heterocycles. The van der Waals surface area contributed by atoms with E-state index >= 15 is 0 Å². The smallest absolute Gasteiger partial charge is 0.276 e. The Morgan fingerprint density at radius 1 is 0.600 bits per heavy atom. The molecular formula is C53H51BrN4O4S3. The predicted molar refractivity (Wildman–Crippen MR) is 275 cm³/mol. The van der Waals surface area contributed by atoms with Crippen LogP contribution in [0.2, 0.25) is 0 Å². The van der Waals surface area contributed by atoms with Gasteiger partial charge in [-0.1, -0.05) is 118 Å². The quantitative estimate of drug-likeness (QED) is 0.0920. The zero-order chi connectivity index (χ0) is 46.1. The van der Waals surface area contributed by atoms with E-state index in [1.807, 2.05) is 107 Å². The van der Waals surface area contributed by atoms with E-state index in [4.69, 9.17) is 9.47 Å². The number of para-hydroxylation sites is 2. The van der Waals surface area contributed by atoms with Crippen LogP contribution in [0.15, 0.2) is 198 Å². The third-order valence-corrected chi connectivity index (χ3v) is 13.9. The maximum absolute atomic E-state index is 12.4. The number of aryl methyl sites for hydroxylation is 1. The lowest BCUT2D eigenvalue weighted by Crippen LogP contribution is -2.20. The Bertz CT molecular complexity index is 2960. The highest BCUT2D eigenvalue weighted by molar-refractivity contribution is 9.10. The van der Waals surface area contributed by atoms with Gasteiger partial charge in [0.15, 0.2) is 0 Å². The average molecular weight is 984 g/mol. The van der Waals surface area contributed by atoms with Crippen molar-refractivity contribution in [2.24, 2.45) is 5.10 Å². The SMILES string of the molecule is C/C(=N\NS(=O)(=O)c1ccc(C)cc1)c1ccc2c(c1)Nc1ccccc1S2.C=C(c1cccc(OC(C)C)c1)c1ccc2c(c1)Nc1ccccc1S2.CC(C)Oc1cccc(Br)c1.